The molecule has 4 nitrogen and oxygen atoms in total. The highest BCUT2D eigenvalue weighted by molar-refractivity contribution is 5.98. The van der Waals surface area contributed by atoms with Crippen LogP contribution in [0.2, 0.25) is 0 Å². The van der Waals surface area contributed by atoms with Gasteiger partial charge in [-0.25, -0.2) is 9.37 Å². The number of nitrogens with two attached hydrogens (primary N) is 1. The first-order chi connectivity index (χ1) is 7.20. The van der Waals surface area contributed by atoms with Crippen LogP contribution in [0, 0.1) is 5.82 Å². The molecule has 0 radical (unpaired) electrons. The highest BCUT2D eigenvalue weighted by Crippen LogP contribution is 2.14. The minimum absolute atomic E-state index is 0.0871. The minimum Gasteiger partial charge on any atom is -0.337 e. The predicted molar refractivity (Wildman–Crippen MR) is 54.1 cm³/mol. The molecule has 15 heavy (non-hydrogen) atoms. The Balaban J connectivity index is 2.42. The van der Waals surface area contributed by atoms with E-state index in [0.29, 0.717) is 23.3 Å². The van der Waals surface area contributed by atoms with E-state index in [0.717, 1.165) is 6.20 Å². The van der Waals surface area contributed by atoms with Gasteiger partial charge in [0, 0.05) is 11.8 Å². The number of nitrogens with one attached hydrogen (secondary N) is 1. The van der Waals surface area contributed by atoms with Crippen LogP contribution in [0.5, 0.6) is 0 Å². The second-order valence-corrected chi connectivity index (χ2v) is 3.24. The van der Waals surface area contributed by atoms with Crippen LogP contribution < -0.4 is 5.73 Å². The molecular formula is C10H10FN3O. The summed E-state index contributed by atoms with van der Waals surface area (Å²) in [6.07, 6.45) is 1.38. The molecular weight excluding hydrogens is 197 g/mol. The standard InChI is InChI=1S/C10H10FN3O/c11-7-3-6-4-8(9(15)1-2-12)14-10(6)13-5-7/h3-5H,1-2,12H2,(H,13,14). The van der Waals surface area contributed by atoms with Crippen molar-refractivity contribution in [1.82, 2.24) is 9.97 Å². The van der Waals surface area contributed by atoms with Gasteiger partial charge in [0.05, 0.1) is 11.9 Å². The SMILES string of the molecule is NCCC(=O)c1cc2cc(F)cnc2[nH]1. The number of hydrogen-bond acceptors (Lipinski definition) is 3. The van der Waals surface area contributed by atoms with E-state index >= 15 is 0 Å². The molecule has 0 aliphatic carbocycles. The van der Waals surface area contributed by atoms with Crippen LogP contribution in [0.15, 0.2) is 18.3 Å². The van der Waals surface area contributed by atoms with Gasteiger partial charge < -0.3 is 10.7 Å². The van der Waals surface area contributed by atoms with Gasteiger partial charge in [0.1, 0.15) is 11.5 Å². The number of Topliss-reactive ketones (excluding diaryl/α,β-unsaturated/α-hetero) is 1. The Kier molecular flexibility index (Phi) is 2.47. The molecule has 0 bridgehead atoms. The van der Waals surface area contributed by atoms with Gasteiger partial charge in [0.2, 0.25) is 0 Å². The maximum atomic E-state index is 12.8. The lowest BCUT2D eigenvalue weighted by Crippen LogP contribution is -2.08. The van der Waals surface area contributed by atoms with Crippen molar-refractivity contribution in [2.75, 3.05) is 6.54 Å². The van der Waals surface area contributed by atoms with E-state index in [1.165, 1.54) is 6.07 Å². The molecule has 0 amide bonds. The zero-order chi connectivity index (χ0) is 10.8. The molecule has 2 aromatic rings. The maximum Gasteiger partial charge on any atom is 0.180 e. The number of nitrogens with zero attached hydrogens (tertiary/aromatic N) is 1. The van der Waals surface area contributed by atoms with Crippen LogP contribution in [-0.2, 0) is 0 Å². The second-order valence-electron chi connectivity index (χ2n) is 3.24. The summed E-state index contributed by atoms with van der Waals surface area (Å²) in [5.41, 5.74) is 6.21. The van der Waals surface area contributed by atoms with Gasteiger partial charge in [-0.3, -0.25) is 4.79 Å². The molecule has 0 aliphatic heterocycles. The number of hydrogen-bond donors (Lipinski definition) is 2. The third-order valence-electron chi connectivity index (χ3n) is 2.11. The number of pyridine rings is 1. The third-order valence-corrected chi connectivity index (χ3v) is 2.11. The molecule has 0 unspecified atom stereocenters. The van der Waals surface area contributed by atoms with Crippen LogP contribution >= 0.6 is 0 Å². The third kappa shape index (κ3) is 1.87. The number of ketones is 1. The van der Waals surface area contributed by atoms with Crippen LogP contribution in [0.1, 0.15) is 16.9 Å². The van der Waals surface area contributed by atoms with Crippen molar-refractivity contribution in [3.63, 3.8) is 0 Å². The fraction of sp³-hybridized carbons (Fsp3) is 0.200. The number of rotatable bonds is 3. The van der Waals surface area contributed by atoms with Crippen LogP contribution in [-0.4, -0.2) is 22.3 Å². The molecule has 78 valence electrons. The largest absolute Gasteiger partial charge is 0.337 e. The van der Waals surface area contributed by atoms with E-state index in [9.17, 15) is 9.18 Å². The Labute approximate surface area is 85.3 Å². The Hall–Kier alpha value is -1.75. The fourth-order valence-corrected chi connectivity index (χ4v) is 1.40. The number of H-pyrrole nitrogens is 1. The Morgan fingerprint density at radius 2 is 2.33 bits per heavy atom. The number of carbonyl (C=O) groups excluding carboxylic acids is 1. The van der Waals surface area contributed by atoms with E-state index in [-0.39, 0.29) is 12.2 Å². The number of aromatic amines is 1. The molecule has 2 rings (SSSR count). The molecule has 3 N–H and O–H groups in total. The van der Waals surface area contributed by atoms with Gasteiger partial charge in [0.25, 0.3) is 0 Å². The van der Waals surface area contributed by atoms with E-state index in [2.05, 4.69) is 9.97 Å². The summed E-state index contributed by atoms with van der Waals surface area (Å²) >= 11 is 0. The first kappa shape index (κ1) is 9.79. The summed E-state index contributed by atoms with van der Waals surface area (Å²) in [6.45, 7) is 0.302. The van der Waals surface area contributed by atoms with Gasteiger partial charge in [0.15, 0.2) is 5.78 Å². The van der Waals surface area contributed by atoms with Crippen molar-refractivity contribution in [2.45, 2.75) is 6.42 Å². The Morgan fingerprint density at radius 1 is 1.53 bits per heavy atom. The molecule has 5 heteroatoms. The van der Waals surface area contributed by atoms with Crippen molar-refractivity contribution in [1.29, 1.82) is 0 Å². The highest BCUT2D eigenvalue weighted by atomic mass is 19.1. The van der Waals surface area contributed by atoms with Gasteiger partial charge >= 0.3 is 0 Å². The molecule has 2 aromatic heterocycles. The number of fused-ring (bicyclic) bond motifs is 1. The van der Waals surface area contributed by atoms with E-state index in [1.807, 2.05) is 0 Å². The number of halogens is 1. The van der Waals surface area contributed by atoms with Gasteiger partial charge in [-0.2, -0.15) is 0 Å². The highest BCUT2D eigenvalue weighted by Gasteiger charge is 2.09. The molecule has 0 saturated carbocycles. The molecule has 0 fully saturated rings. The second kappa shape index (κ2) is 3.78. The summed E-state index contributed by atoms with van der Waals surface area (Å²) in [6, 6.07) is 2.92. The maximum absolute atomic E-state index is 12.8. The van der Waals surface area contributed by atoms with E-state index < -0.39 is 5.82 Å². The van der Waals surface area contributed by atoms with Crippen LogP contribution in [0.25, 0.3) is 11.0 Å². The average Bonchev–Trinajstić information content (AvgIpc) is 2.60. The fourth-order valence-electron chi connectivity index (χ4n) is 1.40. The van der Waals surface area contributed by atoms with Gasteiger partial charge in [-0.1, -0.05) is 0 Å². The topological polar surface area (TPSA) is 71.8 Å². The summed E-state index contributed by atoms with van der Waals surface area (Å²) in [7, 11) is 0. The van der Waals surface area contributed by atoms with Crippen molar-refractivity contribution >= 4 is 16.8 Å². The number of aromatic nitrogens is 2. The first-order valence-corrected chi connectivity index (χ1v) is 4.58. The summed E-state index contributed by atoms with van der Waals surface area (Å²) in [5, 5.41) is 0.593. The molecule has 2 heterocycles. The lowest BCUT2D eigenvalue weighted by atomic mass is 10.2. The summed E-state index contributed by atoms with van der Waals surface area (Å²) in [4.78, 5) is 18.1. The lowest BCUT2D eigenvalue weighted by molar-refractivity contribution is 0.0981. The zero-order valence-electron chi connectivity index (χ0n) is 7.96. The molecule has 0 aliphatic rings. The van der Waals surface area contributed by atoms with Crippen molar-refractivity contribution in [3.05, 3.63) is 29.8 Å². The van der Waals surface area contributed by atoms with Crippen molar-refractivity contribution < 1.29 is 9.18 Å². The van der Waals surface area contributed by atoms with Gasteiger partial charge in [-0.15, -0.1) is 0 Å². The van der Waals surface area contributed by atoms with Crippen LogP contribution in [0.4, 0.5) is 4.39 Å². The number of carbonyl (C=O) groups is 1. The predicted octanol–water partition coefficient (Wildman–Crippen LogP) is 1.23. The van der Waals surface area contributed by atoms with Gasteiger partial charge in [-0.05, 0) is 18.7 Å². The molecule has 0 spiro atoms. The monoisotopic (exact) mass is 207 g/mol. The van der Waals surface area contributed by atoms with Crippen LogP contribution in [0.3, 0.4) is 0 Å². The van der Waals surface area contributed by atoms with E-state index in [1.54, 1.807) is 6.07 Å². The van der Waals surface area contributed by atoms with Crippen molar-refractivity contribution in [2.24, 2.45) is 5.73 Å². The minimum atomic E-state index is -0.417. The Bertz CT molecular complexity index is 506. The smallest absolute Gasteiger partial charge is 0.180 e. The summed E-state index contributed by atoms with van der Waals surface area (Å²) < 4.78 is 12.8. The first-order valence-electron chi connectivity index (χ1n) is 4.58. The zero-order valence-corrected chi connectivity index (χ0v) is 7.96. The average molecular weight is 207 g/mol. The molecule has 0 atom stereocenters. The lowest BCUT2D eigenvalue weighted by Gasteiger charge is -1.92. The summed E-state index contributed by atoms with van der Waals surface area (Å²) in [5.74, 6) is -0.504. The normalized spacial score (nSPS) is 10.8. The quantitative estimate of drug-likeness (QED) is 0.743. The van der Waals surface area contributed by atoms with Crippen molar-refractivity contribution in [3.8, 4) is 0 Å². The van der Waals surface area contributed by atoms with E-state index in [4.69, 9.17) is 5.73 Å². The molecule has 0 aromatic carbocycles. The Morgan fingerprint density at radius 3 is 3.07 bits per heavy atom. The molecule has 0 saturated heterocycles.